The Morgan fingerprint density at radius 3 is 2.78 bits per heavy atom. The van der Waals surface area contributed by atoms with Crippen LogP contribution in [0.5, 0.6) is 0 Å². The van der Waals surface area contributed by atoms with Crippen LogP contribution in [0.3, 0.4) is 0 Å². The zero-order chi connectivity index (χ0) is 19.7. The molecule has 0 unspecified atom stereocenters. The number of thioether (sulfide) groups is 1. The van der Waals surface area contributed by atoms with E-state index in [0.717, 1.165) is 16.2 Å². The molecule has 144 valence electrons. The van der Waals surface area contributed by atoms with Gasteiger partial charge >= 0.3 is 5.97 Å². The minimum atomic E-state index is -1.27. The lowest BCUT2D eigenvalue weighted by molar-refractivity contribution is -0.150. The fourth-order valence-corrected chi connectivity index (χ4v) is 4.76. The van der Waals surface area contributed by atoms with Crippen LogP contribution in [-0.2, 0) is 14.4 Å². The van der Waals surface area contributed by atoms with Crippen molar-refractivity contribution in [2.24, 2.45) is 5.16 Å². The number of rotatable bonds is 6. The Bertz CT molecular complexity index is 866. The summed E-state index contributed by atoms with van der Waals surface area (Å²) in [7, 11) is 0. The molecule has 0 saturated carbocycles. The summed E-state index contributed by atoms with van der Waals surface area (Å²) in [6.45, 7) is -0.230. The van der Waals surface area contributed by atoms with Crippen molar-refractivity contribution >= 4 is 51.7 Å². The van der Waals surface area contributed by atoms with Gasteiger partial charge in [-0.2, -0.15) is 0 Å². The van der Waals surface area contributed by atoms with Gasteiger partial charge in [-0.25, -0.2) is 9.78 Å². The highest BCUT2D eigenvalue weighted by Gasteiger charge is 2.54. The van der Waals surface area contributed by atoms with Gasteiger partial charge in [0.25, 0.3) is 11.8 Å². The van der Waals surface area contributed by atoms with Gasteiger partial charge in [0, 0.05) is 17.7 Å². The van der Waals surface area contributed by atoms with E-state index < -0.39 is 34.9 Å². The van der Waals surface area contributed by atoms with Crippen molar-refractivity contribution in [2.75, 3.05) is 18.1 Å². The average Bonchev–Trinajstić information content (AvgIpc) is 3.05. The van der Waals surface area contributed by atoms with E-state index in [9.17, 15) is 19.5 Å². The first-order valence-electron chi connectivity index (χ1n) is 7.64. The first-order valence-corrected chi connectivity index (χ1v) is 9.57. The van der Waals surface area contributed by atoms with Gasteiger partial charge in [0.2, 0.25) is 0 Å². The van der Waals surface area contributed by atoms with Gasteiger partial charge in [0.05, 0.1) is 0 Å². The van der Waals surface area contributed by atoms with E-state index in [-0.39, 0.29) is 29.6 Å². The number of hydrogen-bond donors (Lipinski definition) is 5. The van der Waals surface area contributed by atoms with Crippen LogP contribution in [0, 0.1) is 0 Å². The molecular weight excluding hydrogens is 398 g/mol. The van der Waals surface area contributed by atoms with E-state index in [0.29, 0.717) is 11.3 Å². The molecule has 1 fully saturated rings. The molecule has 2 aliphatic heterocycles. The van der Waals surface area contributed by atoms with Gasteiger partial charge in [0.1, 0.15) is 22.8 Å². The highest BCUT2D eigenvalue weighted by molar-refractivity contribution is 8.00. The van der Waals surface area contributed by atoms with E-state index in [1.807, 2.05) is 0 Å². The number of carbonyl (C=O) groups excluding carboxylic acids is 2. The Labute approximate surface area is 160 Å². The van der Waals surface area contributed by atoms with Crippen LogP contribution in [0.25, 0.3) is 0 Å². The first-order chi connectivity index (χ1) is 12.9. The molecule has 0 aliphatic carbocycles. The number of thiazole rings is 1. The topological polar surface area (TPSA) is 178 Å². The molecule has 1 aromatic rings. The van der Waals surface area contributed by atoms with Crippen LogP contribution in [0.15, 0.2) is 21.8 Å². The van der Waals surface area contributed by atoms with Crippen LogP contribution in [0.2, 0.25) is 0 Å². The number of aliphatic carboxylic acids is 1. The fourth-order valence-electron chi connectivity index (χ4n) is 2.83. The summed E-state index contributed by atoms with van der Waals surface area (Å²) in [6.07, 6.45) is 0.148. The molecule has 3 rings (SSSR count). The summed E-state index contributed by atoms with van der Waals surface area (Å²) in [4.78, 5) is 41.3. The standard InChI is InChI=1S/C14H15N5O6S2/c15-14-16-6(4-27-14)7(18-25)10(21)17-8-11(22)19-9(13(23)24)5(1-2-20)3-26-12(8)19/h4,8,12,20,25H,1-3H2,(H2,15,16)(H,17,21)(H,23,24)/b18-7-/t8-,12-/m1/s1. The summed E-state index contributed by atoms with van der Waals surface area (Å²) in [6, 6.07) is -0.972. The van der Waals surface area contributed by atoms with Crippen molar-refractivity contribution in [2.45, 2.75) is 17.8 Å². The summed E-state index contributed by atoms with van der Waals surface area (Å²) in [5.41, 5.74) is 5.46. The predicted octanol–water partition coefficient (Wildman–Crippen LogP) is -0.975. The molecule has 2 amide bonds. The molecule has 0 aromatic carbocycles. The summed E-state index contributed by atoms with van der Waals surface area (Å²) >= 11 is 2.33. The van der Waals surface area contributed by atoms with Crippen molar-refractivity contribution < 1.29 is 29.8 Å². The minimum absolute atomic E-state index is 0.0637. The number of fused-ring (bicyclic) bond motifs is 1. The third kappa shape index (κ3) is 3.36. The zero-order valence-corrected chi connectivity index (χ0v) is 15.3. The van der Waals surface area contributed by atoms with Gasteiger partial charge < -0.3 is 26.5 Å². The third-order valence-corrected chi connectivity index (χ3v) is 6.04. The number of oxime groups is 1. The monoisotopic (exact) mass is 413 g/mol. The number of nitrogens with one attached hydrogen (secondary N) is 1. The summed E-state index contributed by atoms with van der Waals surface area (Å²) < 4.78 is 0. The normalized spacial score (nSPS) is 22.3. The van der Waals surface area contributed by atoms with Gasteiger partial charge in [-0.15, -0.1) is 23.1 Å². The van der Waals surface area contributed by atoms with E-state index in [4.69, 9.17) is 16.0 Å². The molecule has 1 aromatic heterocycles. The second-order valence-corrected chi connectivity index (χ2v) is 7.61. The number of anilines is 1. The van der Waals surface area contributed by atoms with Gasteiger partial charge in [-0.3, -0.25) is 14.5 Å². The number of nitrogens with two attached hydrogens (primary N) is 1. The molecule has 13 heteroatoms. The van der Waals surface area contributed by atoms with Crippen LogP contribution >= 0.6 is 23.1 Å². The van der Waals surface area contributed by atoms with Crippen LogP contribution in [0.4, 0.5) is 5.13 Å². The number of carbonyl (C=O) groups is 3. The van der Waals surface area contributed by atoms with Crippen LogP contribution in [-0.4, -0.2) is 72.6 Å². The number of aliphatic hydroxyl groups is 1. The number of hydrogen-bond acceptors (Lipinski definition) is 10. The van der Waals surface area contributed by atoms with Gasteiger partial charge in [-0.05, 0) is 12.0 Å². The quantitative estimate of drug-likeness (QED) is 0.170. The molecule has 27 heavy (non-hydrogen) atoms. The largest absolute Gasteiger partial charge is 0.477 e. The smallest absolute Gasteiger partial charge is 0.352 e. The Kier molecular flexibility index (Phi) is 5.34. The average molecular weight is 413 g/mol. The molecule has 2 aliphatic rings. The summed E-state index contributed by atoms with van der Waals surface area (Å²) in [5.74, 6) is -2.38. The summed E-state index contributed by atoms with van der Waals surface area (Å²) in [5, 5.41) is 34.0. The van der Waals surface area contributed by atoms with E-state index in [1.165, 1.54) is 17.1 Å². The molecule has 2 atom stereocenters. The van der Waals surface area contributed by atoms with Crippen molar-refractivity contribution in [3.8, 4) is 0 Å². The SMILES string of the molecule is Nc1nc(/C(=N/O)C(=O)N[C@@H]2C(=O)N3C(C(=O)O)=C(CCO)CS[C@H]23)cs1. The predicted molar refractivity (Wildman–Crippen MR) is 96.2 cm³/mol. The number of aromatic nitrogens is 1. The molecule has 11 nitrogen and oxygen atoms in total. The number of nitrogens with zero attached hydrogens (tertiary/aromatic N) is 3. The molecule has 3 heterocycles. The van der Waals surface area contributed by atoms with Gasteiger partial charge in [-0.1, -0.05) is 5.16 Å². The van der Waals surface area contributed by atoms with Gasteiger partial charge in [0.15, 0.2) is 10.8 Å². The lowest BCUT2D eigenvalue weighted by Crippen LogP contribution is -2.71. The van der Waals surface area contributed by atoms with E-state index >= 15 is 0 Å². The number of carboxylic acids is 1. The molecule has 0 radical (unpaired) electrons. The Hall–Kier alpha value is -2.64. The van der Waals surface area contributed by atoms with Crippen molar-refractivity contribution in [1.29, 1.82) is 0 Å². The van der Waals surface area contributed by atoms with Crippen molar-refractivity contribution in [3.05, 3.63) is 22.3 Å². The minimum Gasteiger partial charge on any atom is -0.477 e. The second-order valence-electron chi connectivity index (χ2n) is 5.61. The highest BCUT2D eigenvalue weighted by Crippen LogP contribution is 2.41. The molecule has 0 spiro atoms. The molecule has 1 saturated heterocycles. The number of amides is 2. The Morgan fingerprint density at radius 2 is 2.22 bits per heavy atom. The Balaban J connectivity index is 1.77. The molecule has 0 bridgehead atoms. The third-order valence-electron chi connectivity index (χ3n) is 4.03. The maximum absolute atomic E-state index is 12.4. The maximum atomic E-state index is 12.4. The van der Waals surface area contributed by atoms with E-state index in [1.54, 1.807) is 0 Å². The molecular formula is C14H15N5O6S2. The highest BCUT2D eigenvalue weighted by atomic mass is 32.2. The van der Waals surface area contributed by atoms with Crippen LogP contribution < -0.4 is 11.1 Å². The number of carboxylic acid groups (broad SMARTS) is 1. The fraction of sp³-hybridized carbons (Fsp3) is 0.357. The maximum Gasteiger partial charge on any atom is 0.352 e. The number of aliphatic hydroxyl groups excluding tert-OH is 1. The van der Waals surface area contributed by atoms with Crippen molar-refractivity contribution in [3.63, 3.8) is 0 Å². The first kappa shape index (κ1) is 19.1. The second kappa shape index (κ2) is 7.54. The van der Waals surface area contributed by atoms with Crippen LogP contribution in [0.1, 0.15) is 12.1 Å². The zero-order valence-electron chi connectivity index (χ0n) is 13.7. The molecule has 6 N–H and O–H groups in total. The van der Waals surface area contributed by atoms with Crippen molar-refractivity contribution in [1.82, 2.24) is 15.2 Å². The van der Waals surface area contributed by atoms with E-state index in [2.05, 4.69) is 15.5 Å². The lowest BCUT2D eigenvalue weighted by Gasteiger charge is -2.49. The Morgan fingerprint density at radius 1 is 1.48 bits per heavy atom. The number of β-lactam (4-membered cyclic amide) rings is 1. The number of nitrogen functional groups attached to an aromatic ring is 1. The lowest BCUT2D eigenvalue weighted by atomic mass is 10.0.